The maximum absolute atomic E-state index is 11.7. The van der Waals surface area contributed by atoms with Crippen LogP contribution in [0, 0.1) is 0 Å². The van der Waals surface area contributed by atoms with E-state index in [4.69, 9.17) is 4.74 Å². The van der Waals surface area contributed by atoms with E-state index in [1.165, 1.54) is 13.2 Å². The predicted octanol–water partition coefficient (Wildman–Crippen LogP) is 1.18. The van der Waals surface area contributed by atoms with Crippen molar-refractivity contribution in [2.75, 3.05) is 13.7 Å². The minimum Gasteiger partial charge on any atom is -0.496 e. The van der Waals surface area contributed by atoms with Gasteiger partial charge in [0.2, 0.25) is 0 Å². The molecule has 0 aliphatic rings. The van der Waals surface area contributed by atoms with Crippen LogP contribution in [0.5, 0.6) is 5.75 Å². The molecule has 0 aliphatic carbocycles. The third-order valence-corrected chi connectivity index (χ3v) is 1.96. The largest absolute Gasteiger partial charge is 0.496 e. The minimum atomic E-state index is -0.663. The molecule has 0 aromatic heterocycles. The van der Waals surface area contributed by atoms with Crippen LogP contribution in [-0.4, -0.2) is 25.3 Å². The van der Waals surface area contributed by atoms with E-state index in [9.17, 15) is 9.59 Å². The summed E-state index contributed by atoms with van der Waals surface area (Å²) < 4.78 is 5.00. The van der Waals surface area contributed by atoms with Gasteiger partial charge in [0.1, 0.15) is 5.75 Å². The number of hydrogen-bond donors (Lipinski definition) is 1. The number of nitrogens with one attached hydrogen (secondary N) is 1. The summed E-state index contributed by atoms with van der Waals surface area (Å²) in [7, 11) is 1.45. The molecule has 1 rings (SSSR count). The molecular weight excluding hydrogens is 206 g/mol. The first kappa shape index (κ1) is 12.0. The summed E-state index contributed by atoms with van der Waals surface area (Å²) in [6.07, 6.45) is 1.51. The smallest absolute Gasteiger partial charge is 0.292 e. The standard InChI is InChI=1S/C12H13NO3/c1-3-8-13-12(15)11(14)9-6-4-5-7-10(9)16-2/h3-7H,1,8H2,2H3,(H,13,15). The summed E-state index contributed by atoms with van der Waals surface area (Å²) in [6.45, 7) is 3.71. The Morgan fingerprint density at radius 1 is 1.44 bits per heavy atom. The van der Waals surface area contributed by atoms with Crippen LogP contribution >= 0.6 is 0 Å². The maximum atomic E-state index is 11.7. The number of carbonyl (C=O) groups excluding carboxylic acids is 2. The molecule has 0 saturated carbocycles. The quantitative estimate of drug-likeness (QED) is 0.459. The van der Waals surface area contributed by atoms with Gasteiger partial charge in [-0.15, -0.1) is 6.58 Å². The Balaban J connectivity index is 2.87. The highest BCUT2D eigenvalue weighted by atomic mass is 16.5. The van der Waals surface area contributed by atoms with Gasteiger partial charge in [0.15, 0.2) is 0 Å². The molecular formula is C12H13NO3. The summed E-state index contributed by atoms with van der Waals surface area (Å²) in [5.41, 5.74) is 0.256. The fourth-order valence-electron chi connectivity index (χ4n) is 1.20. The number of ketones is 1. The van der Waals surface area contributed by atoms with Crippen LogP contribution in [0.25, 0.3) is 0 Å². The summed E-state index contributed by atoms with van der Waals surface area (Å²) in [5.74, 6) is -0.884. The van der Waals surface area contributed by atoms with E-state index in [1.54, 1.807) is 24.3 Å². The number of Topliss-reactive ketones (excluding diaryl/α,β-unsaturated/α-hetero) is 1. The van der Waals surface area contributed by atoms with Gasteiger partial charge in [-0.1, -0.05) is 18.2 Å². The number of amides is 1. The molecule has 0 spiro atoms. The number of carbonyl (C=O) groups is 2. The van der Waals surface area contributed by atoms with Gasteiger partial charge in [-0.25, -0.2) is 0 Å². The fourth-order valence-corrected chi connectivity index (χ4v) is 1.20. The van der Waals surface area contributed by atoms with E-state index >= 15 is 0 Å². The highest BCUT2D eigenvalue weighted by Gasteiger charge is 2.18. The first-order valence-electron chi connectivity index (χ1n) is 4.77. The molecule has 0 unspecified atom stereocenters. The highest BCUT2D eigenvalue weighted by molar-refractivity contribution is 6.43. The van der Waals surface area contributed by atoms with Crippen molar-refractivity contribution in [3.05, 3.63) is 42.5 Å². The Bertz CT molecular complexity index is 412. The van der Waals surface area contributed by atoms with E-state index in [0.717, 1.165) is 0 Å². The van der Waals surface area contributed by atoms with Crippen LogP contribution in [0.15, 0.2) is 36.9 Å². The number of ether oxygens (including phenoxy) is 1. The Hall–Kier alpha value is -2.10. The first-order valence-corrected chi connectivity index (χ1v) is 4.77. The zero-order valence-electron chi connectivity index (χ0n) is 9.03. The molecule has 0 radical (unpaired) electrons. The average Bonchev–Trinajstić information content (AvgIpc) is 2.34. The number of rotatable bonds is 5. The van der Waals surface area contributed by atoms with E-state index < -0.39 is 11.7 Å². The molecule has 0 heterocycles. The number of para-hydroxylation sites is 1. The van der Waals surface area contributed by atoms with Crippen LogP contribution in [0.4, 0.5) is 0 Å². The van der Waals surface area contributed by atoms with E-state index in [-0.39, 0.29) is 12.1 Å². The van der Waals surface area contributed by atoms with Crippen molar-refractivity contribution in [2.24, 2.45) is 0 Å². The summed E-state index contributed by atoms with van der Waals surface area (Å²) in [5, 5.41) is 2.42. The third kappa shape index (κ3) is 2.70. The zero-order valence-corrected chi connectivity index (χ0v) is 9.03. The molecule has 0 fully saturated rings. The van der Waals surface area contributed by atoms with E-state index in [1.807, 2.05) is 0 Å². The highest BCUT2D eigenvalue weighted by Crippen LogP contribution is 2.17. The first-order chi connectivity index (χ1) is 7.70. The molecule has 0 bridgehead atoms. The van der Waals surface area contributed by atoms with Crippen molar-refractivity contribution >= 4 is 11.7 Å². The lowest BCUT2D eigenvalue weighted by Gasteiger charge is -2.06. The summed E-state index contributed by atoms with van der Waals surface area (Å²) in [4.78, 5) is 23.1. The number of methoxy groups -OCH3 is 1. The van der Waals surface area contributed by atoms with E-state index in [0.29, 0.717) is 5.75 Å². The molecule has 1 amide bonds. The summed E-state index contributed by atoms with van der Waals surface area (Å²) in [6, 6.07) is 6.59. The third-order valence-electron chi connectivity index (χ3n) is 1.96. The zero-order chi connectivity index (χ0) is 12.0. The van der Waals surface area contributed by atoms with Gasteiger partial charge in [-0.05, 0) is 12.1 Å². The molecule has 0 saturated heterocycles. The second-order valence-corrected chi connectivity index (χ2v) is 3.03. The van der Waals surface area contributed by atoms with Gasteiger partial charge < -0.3 is 10.1 Å². The van der Waals surface area contributed by atoms with Crippen molar-refractivity contribution < 1.29 is 14.3 Å². The Kier molecular flexibility index (Phi) is 4.27. The van der Waals surface area contributed by atoms with Crippen LogP contribution in [0.2, 0.25) is 0 Å². The molecule has 4 nitrogen and oxygen atoms in total. The number of benzene rings is 1. The molecule has 1 aromatic rings. The van der Waals surface area contributed by atoms with Crippen LogP contribution < -0.4 is 10.1 Å². The van der Waals surface area contributed by atoms with Crippen LogP contribution in [-0.2, 0) is 4.79 Å². The molecule has 0 atom stereocenters. The van der Waals surface area contributed by atoms with Gasteiger partial charge in [-0.3, -0.25) is 9.59 Å². The Labute approximate surface area is 93.9 Å². The summed E-state index contributed by atoms with van der Waals surface area (Å²) >= 11 is 0. The van der Waals surface area contributed by atoms with Crippen LogP contribution in [0.1, 0.15) is 10.4 Å². The van der Waals surface area contributed by atoms with Gasteiger partial charge >= 0.3 is 0 Å². The normalized spacial score (nSPS) is 9.31. The maximum Gasteiger partial charge on any atom is 0.292 e. The van der Waals surface area contributed by atoms with Crippen molar-refractivity contribution in [3.8, 4) is 5.75 Å². The Morgan fingerprint density at radius 3 is 2.75 bits per heavy atom. The second kappa shape index (κ2) is 5.70. The van der Waals surface area contributed by atoms with Crippen molar-refractivity contribution in [2.45, 2.75) is 0 Å². The SMILES string of the molecule is C=CCNC(=O)C(=O)c1ccccc1OC. The van der Waals surface area contributed by atoms with Gasteiger partial charge in [0, 0.05) is 6.54 Å². The van der Waals surface area contributed by atoms with Crippen molar-refractivity contribution in [1.29, 1.82) is 0 Å². The molecule has 84 valence electrons. The fraction of sp³-hybridized carbons (Fsp3) is 0.167. The minimum absolute atomic E-state index is 0.256. The monoisotopic (exact) mass is 219 g/mol. The van der Waals surface area contributed by atoms with Crippen molar-refractivity contribution in [3.63, 3.8) is 0 Å². The van der Waals surface area contributed by atoms with Gasteiger partial charge in [-0.2, -0.15) is 0 Å². The molecule has 1 N–H and O–H groups in total. The van der Waals surface area contributed by atoms with Crippen molar-refractivity contribution in [1.82, 2.24) is 5.32 Å². The molecule has 4 heteroatoms. The molecule has 16 heavy (non-hydrogen) atoms. The lowest BCUT2D eigenvalue weighted by molar-refractivity contribution is -0.116. The van der Waals surface area contributed by atoms with Crippen LogP contribution in [0.3, 0.4) is 0 Å². The second-order valence-electron chi connectivity index (χ2n) is 3.03. The average molecular weight is 219 g/mol. The molecule has 1 aromatic carbocycles. The lowest BCUT2D eigenvalue weighted by Crippen LogP contribution is -2.31. The topological polar surface area (TPSA) is 55.4 Å². The van der Waals surface area contributed by atoms with Gasteiger partial charge in [0.05, 0.1) is 12.7 Å². The van der Waals surface area contributed by atoms with Gasteiger partial charge in [0.25, 0.3) is 11.7 Å². The molecule has 0 aliphatic heterocycles. The lowest BCUT2D eigenvalue weighted by atomic mass is 10.1. The Morgan fingerprint density at radius 2 is 2.12 bits per heavy atom. The van der Waals surface area contributed by atoms with E-state index in [2.05, 4.69) is 11.9 Å². The predicted molar refractivity (Wildman–Crippen MR) is 60.5 cm³/mol. The number of hydrogen-bond acceptors (Lipinski definition) is 3.